The van der Waals surface area contributed by atoms with Gasteiger partial charge in [-0.2, -0.15) is 25.0 Å². The molecule has 0 spiro atoms. The number of amides is 1. The highest BCUT2D eigenvalue weighted by molar-refractivity contribution is 5.94. The Balaban J connectivity index is 1.43. The molecule has 4 heterocycles. The van der Waals surface area contributed by atoms with Crippen molar-refractivity contribution in [1.82, 2.24) is 29.5 Å². The fraction of sp³-hybridized carbons (Fsp3) is 0.471. The van der Waals surface area contributed by atoms with Crippen LogP contribution < -0.4 is 15.2 Å². The molecule has 1 unspecified atom stereocenters. The van der Waals surface area contributed by atoms with Crippen molar-refractivity contribution in [2.45, 2.75) is 64.6 Å². The maximum Gasteiger partial charge on any atom is 0.410 e. The van der Waals surface area contributed by atoms with E-state index in [9.17, 15) is 14.9 Å². The van der Waals surface area contributed by atoms with Crippen molar-refractivity contribution in [3.63, 3.8) is 0 Å². The highest BCUT2D eigenvalue weighted by Crippen LogP contribution is 2.30. The molecule has 46 heavy (non-hydrogen) atoms. The lowest BCUT2D eigenvalue weighted by Crippen LogP contribution is -2.56. The third-order valence-corrected chi connectivity index (χ3v) is 8.74. The standard InChI is InChI=1S/C34H40N8O4/c1-22-9-6-10-23-11-7-13-27(28(22)23)42-31(43)29-26(19-36-42)30(38-32(37-29)45-21-25-12-8-16-39(25)5)40-17-18-41(24(20-40)14-15-35)33(44)46-34(2,3)4/h6-7,9-11,13,19,24-25H,8,12,14,16-18,20-21H2,1-5H3/t24?,25-/m0/s1. The molecular weight excluding hydrogens is 584 g/mol. The predicted molar refractivity (Wildman–Crippen MR) is 175 cm³/mol. The Bertz CT molecular complexity index is 1870. The lowest BCUT2D eigenvalue weighted by molar-refractivity contribution is 0.0145. The molecule has 2 aliphatic heterocycles. The third kappa shape index (κ3) is 6.20. The van der Waals surface area contributed by atoms with Gasteiger partial charge in [0.15, 0.2) is 0 Å². The molecule has 2 aromatic heterocycles. The first kappa shape index (κ1) is 31.2. The Hall–Kier alpha value is -4.76. The first-order valence-electron chi connectivity index (χ1n) is 15.8. The summed E-state index contributed by atoms with van der Waals surface area (Å²) in [7, 11) is 2.07. The van der Waals surface area contributed by atoms with Crippen LogP contribution in [0.25, 0.3) is 27.4 Å². The second-order valence-corrected chi connectivity index (χ2v) is 13.1. The van der Waals surface area contributed by atoms with E-state index in [1.54, 1.807) is 11.1 Å². The average Bonchev–Trinajstić information content (AvgIpc) is 3.43. The minimum atomic E-state index is -0.665. The smallest absolute Gasteiger partial charge is 0.410 e. The largest absolute Gasteiger partial charge is 0.462 e. The Morgan fingerprint density at radius 3 is 2.59 bits per heavy atom. The van der Waals surface area contributed by atoms with Gasteiger partial charge in [-0.3, -0.25) is 4.79 Å². The number of aromatic nitrogens is 4. The molecule has 0 aliphatic carbocycles. The van der Waals surface area contributed by atoms with Gasteiger partial charge in [-0.25, -0.2) is 4.79 Å². The molecule has 4 aromatic rings. The van der Waals surface area contributed by atoms with Gasteiger partial charge >= 0.3 is 12.1 Å². The Labute approximate surface area is 268 Å². The molecule has 2 aromatic carbocycles. The molecule has 12 nitrogen and oxygen atoms in total. The van der Waals surface area contributed by atoms with Gasteiger partial charge < -0.3 is 24.2 Å². The minimum Gasteiger partial charge on any atom is -0.462 e. The fourth-order valence-electron chi connectivity index (χ4n) is 6.40. The van der Waals surface area contributed by atoms with Crippen molar-refractivity contribution in [2.75, 3.05) is 44.7 Å². The monoisotopic (exact) mass is 624 g/mol. The van der Waals surface area contributed by atoms with Crippen molar-refractivity contribution in [3.8, 4) is 17.8 Å². The summed E-state index contributed by atoms with van der Waals surface area (Å²) in [4.78, 5) is 42.6. The molecule has 2 atom stereocenters. The number of fused-ring (bicyclic) bond motifs is 2. The number of carbonyl (C=O) groups is 1. The summed E-state index contributed by atoms with van der Waals surface area (Å²) in [6.07, 6.45) is 3.38. The molecule has 2 aliphatic rings. The van der Waals surface area contributed by atoms with Gasteiger partial charge in [0, 0.05) is 31.1 Å². The van der Waals surface area contributed by atoms with Crippen molar-refractivity contribution in [2.24, 2.45) is 0 Å². The summed E-state index contributed by atoms with van der Waals surface area (Å²) in [6, 6.07) is 13.9. The van der Waals surface area contributed by atoms with Crippen molar-refractivity contribution in [3.05, 3.63) is 58.5 Å². The van der Waals surface area contributed by atoms with E-state index >= 15 is 0 Å². The number of likely N-dealkylation sites (N-methyl/N-ethyl adjacent to an activating group) is 1. The van der Waals surface area contributed by atoms with E-state index in [1.165, 1.54) is 4.68 Å². The number of ether oxygens (including phenoxy) is 2. The molecule has 6 rings (SSSR count). The topological polar surface area (TPSA) is 130 Å². The first-order chi connectivity index (χ1) is 22.0. The highest BCUT2D eigenvalue weighted by Gasteiger charge is 2.35. The van der Waals surface area contributed by atoms with Crippen LogP contribution in [0.15, 0.2) is 47.4 Å². The van der Waals surface area contributed by atoms with Crippen LogP contribution in [-0.2, 0) is 4.74 Å². The zero-order valence-corrected chi connectivity index (χ0v) is 27.1. The molecule has 1 amide bonds. The fourth-order valence-corrected chi connectivity index (χ4v) is 6.40. The zero-order valence-electron chi connectivity index (χ0n) is 27.1. The van der Waals surface area contributed by atoms with E-state index < -0.39 is 17.7 Å². The van der Waals surface area contributed by atoms with Crippen LogP contribution in [0.2, 0.25) is 0 Å². The van der Waals surface area contributed by atoms with Crippen LogP contribution in [0.5, 0.6) is 6.01 Å². The minimum absolute atomic E-state index is 0.109. The Morgan fingerprint density at radius 1 is 1.09 bits per heavy atom. The highest BCUT2D eigenvalue weighted by atomic mass is 16.6. The second kappa shape index (κ2) is 12.6. The molecule has 0 radical (unpaired) electrons. The molecule has 240 valence electrons. The van der Waals surface area contributed by atoms with Gasteiger partial charge in [0.1, 0.15) is 23.5 Å². The number of hydrogen-bond acceptors (Lipinski definition) is 10. The number of nitriles is 1. The molecular formula is C34H40N8O4. The van der Waals surface area contributed by atoms with Crippen molar-refractivity contribution in [1.29, 1.82) is 5.26 Å². The summed E-state index contributed by atoms with van der Waals surface area (Å²) in [6.45, 7) is 9.90. The predicted octanol–water partition coefficient (Wildman–Crippen LogP) is 4.45. The number of carbonyl (C=O) groups excluding carboxylic acids is 1. The average molecular weight is 625 g/mol. The van der Waals surface area contributed by atoms with E-state index in [2.05, 4.69) is 28.1 Å². The van der Waals surface area contributed by atoms with Crippen LogP contribution >= 0.6 is 0 Å². The number of nitrogens with zero attached hydrogens (tertiary/aromatic N) is 8. The van der Waals surface area contributed by atoms with Gasteiger partial charge in [0.2, 0.25) is 0 Å². The summed E-state index contributed by atoms with van der Waals surface area (Å²) in [5, 5.41) is 16.7. The van der Waals surface area contributed by atoms with Crippen LogP contribution in [0.4, 0.5) is 10.6 Å². The number of hydrogen-bond donors (Lipinski definition) is 0. The quantitative estimate of drug-likeness (QED) is 0.303. The van der Waals surface area contributed by atoms with Crippen LogP contribution in [0.1, 0.15) is 45.6 Å². The normalized spacial score (nSPS) is 19.0. The van der Waals surface area contributed by atoms with Crippen LogP contribution in [0.3, 0.4) is 0 Å². The number of likely N-dealkylation sites (tertiary alicyclic amines) is 1. The number of benzene rings is 2. The molecule has 12 heteroatoms. The zero-order chi connectivity index (χ0) is 32.6. The van der Waals surface area contributed by atoms with E-state index in [-0.39, 0.29) is 29.5 Å². The van der Waals surface area contributed by atoms with Gasteiger partial charge in [-0.15, -0.1) is 0 Å². The summed E-state index contributed by atoms with van der Waals surface area (Å²) >= 11 is 0. The maximum absolute atomic E-state index is 14.2. The van der Waals surface area contributed by atoms with E-state index in [0.29, 0.717) is 43.1 Å². The van der Waals surface area contributed by atoms with Crippen molar-refractivity contribution < 1.29 is 14.3 Å². The lowest BCUT2D eigenvalue weighted by Gasteiger charge is -2.41. The SMILES string of the molecule is Cc1cccc2cccc(-n3ncc4c(N5CCN(C(=O)OC(C)(C)C)C(CC#N)C5)nc(OC[C@@H]5CCCN5C)nc4c3=O)c12. The lowest BCUT2D eigenvalue weighted by atomic mass is 10.0. The number of piperazine rings is 1. The molecule has 0 bridgehead atoms. The van der Waals surface area contributed by atoms with Gasteiger partial charge in [0.25, 0.3) is 5.56 Å². The van der Waals surface area contributed by atoms with Gasteiger partial charge in [-0.1, -0.05) is 30.3 Å². The molecule has 2 fully saturated rings. The third-order valence-electron chi connectivity index (χ3n) is 8.74. The number of anilines is 1. The Morgan fingerprint density at radius 2 is 1.87 bits per heavy atom. The van der Waals surface area contributed by atoms with Crippen molar-refractivity contribution >= 4 is 33.6 Å². The van der Waals surface area contributed by atoms with Gasteiger partial charge in [0.05, 0.1) is 35.8 Å². The number of aryl methyl sites for hydroxylation is 1. The van der Waals surface area contributed by atoms with E-state index in [0.717, 1.165) is 35.7 Å². The summed E-state index contributed by atoms with van der Waals surface area (Å²) in [5.41, 5.74) is 0.828. The molecule has 0 N–H and O–H groups in total. The maximum atomic E-state index is 14.2. The van der Waals surface area contributed by atoms with Gasteiger partial charge in [-0.05, 0) is 71.1 Å². The Kier molecular flexibility index (Phi) is 8.53. The summed E-state index contributed by atoms with van der Waals surface area (Å²) < 4.78 is 13.2. The molecule has 0 saturated carbocycles. The van der Waals surface area contributed by atoms with Crippen LogP contribution in [-0.4, -0.2) is 93.2 Å². The van der Waals surface area contributed by atoms with E-state index in [4.69, 9.17) is 14.5 Å². The molecule has 2 saturated heterocycles. The first-order valence-corrected chi connectivity index (χ1v) is 15.8. The van der Waals surface area contributed by atoms with E-state index in [1.807, 2.05) is 69.0 Å². The second-order valence-electron chi connectivity index (χ2n) is 13.1. The number of rotatable bonds is 6. The summed E-state index contributed by atoms with van der Waals surface area (Å²) in [5.74, 6) is 0.484. The van der Waals surface area contributed by atoms with Crippen LogP contribution in [0, 0.1) is 18.3 Å².